The van der Waals surface area contributed by atoms with Gasteiger partial charge in [-0.1, -0.05) is 0 Å². The lowest BCUT2D eigenvalue weighted by atomic mass is 10.1. The van der Waals surface area contributed by atoms with Crippen molar-refractivity contribution in [3.63, 3.8) is 0 Å². The Morgan fingerprint density at radius 3 is 2.17 bits per heavy atom. The second kappa shape index (κ2) is 5.52. The molecule has 0 aromatic heterocycles. The number of aliphatic hydroxyl groups is 2. The lowest BCUT2D eigenvalue weighted by molar-refractivity contribution is -0.139. The summed E-state index contributed by atoms with van der Waals surface area (Å²) in [6.07, 6.45) is -2.20. The first-order valence-electron chi connectivity index (χ1n) is 6.20. The minimum absolute atomic E-state index is 0.121. The molecule has 1 amide bonds. The first-order chi connectivity index (χ1) is 8.11. The van der Waals surface area contributed by atoms with E-state index in [0.717, 1.165) is 0 Å². The predicted octanol–water partition coefficient (Wildman–Crippen LogP) is -0.919. The van der Waals surface area contributed by atoms with E-state index in [2.05, 4.69) is 0 Å². The topological polar surface area (TPSA) is 96.0 Å². The zero-order chi connectivity index (χ0) is 14.1. The van der Waals surface area contributed by atoms with E-state index in [1.165, 1.54) is 4.90 Å². The van der Waals surface area contributed by atoms with E-state index in [9.17, 15) is 15.0 Å². The molecular formula is C12H24N2O4. The third-order valence-corrected chi connectivity index (χ3v) is 2.90. The summed E-state index contributed by atoms with van der Waals surface area (Å²) < 4.78 is 5.64. The van der Waals surface area contributed by atoms with Crippen molar-refractivity contribution in [2.45, 2.75) is 57.6 Å². The first-order valence-corrected chi connectivity index (χ1v) is 6.20. The summed E-state index contributed by atoms with van der Waals surface area (Å²) in [5.74, 6) is -0.303. The van der Waals surface area contributed by atoms with Gasteiger partial charge in [0.05, 0.1) is 23.9 Å². The van der Waals surface area contributed by atoms with Crippen molar-refractivity contribution < 1.29 is 19.7 Å². The number of nitrogens with two attached hydrogens (primary N) is 1. The minimum atomic E-state index is -0.889. The first kappa shape index (κ1) is 15.4. The molecule has 0 aromatic carbocycles. The molecule has 1 rings (SSSR count). The van der Waals surface area contributed by atoms with Gasteiger partial charge in [-0.2, -0.15) is 0 Å². The molecule has 18 heavy (non-hydrogen) atoms. The van der Waals surface area contributed by atoms with Crippen molar-refractivity contribution in [3.8, 4) is 0 Å². The van der Waals surface area contributed by atoms with Crippen LogP contribution >= 0.6 is 0 Å². The van der Waals surface area contributed by atoms with Crippen LogP contribution in [0.5, 0.6) is 0 Å². The van der Waals surface area contributed by atoms with Gasteiger partial charge in [0.25, 0.3) is 0 Å². The highest BCUT2D eigenvalue weighted by molar-refractivity contribution is 5.82. The number of likely N-dealkylation sites (tertiary alicyclic amines) is 1. The largest absolute Gasteiger partial charge is 0.388 e. The van der Waals surface area contributed by atoms with Gasteiger partial charge >= 0.3 is 0 Å². The molecule has 0 saturated carbocycles. The molecule has 0 aromatic rings. The molecular weight excluding hydrogens is 236 g/mol. The van der Waals surface area contributed by atoms with E-state index in [-0.39, 0.29) is 24.6 Å². The summed E-state index contributed by atoms with van der Waals surface area (Å²) in [5.41, 5.74) is 5.49. The Kier molecular flexibility index (Phi) is 4.72. The van der Waals surface area contributed by atoms with Gasteiger partial charge in [-0.15, -0.1) is 0 Å². The summed E-state index contributed by atoms with van der Waals surface area (Å²) in [4.78, 5) is 13.4. The second-order valence-electron chi connectivity index (χ2n) is 5.84. The fourth-order valence-electron chi connectivity index (χ4n) is 1.99. The van der Waals surface area contributed by atoms with Crippen LogP contribution in [0.4, 0.5) is 0 Å². The Balaban J connectivity index is 2.56. The van der Waals surface area contributed by atoms with Crippen molar-refractivity contribution in [3.05, 3.63) is 0 Å². The highest BCUT2D eigenvalue weighted by Gasteiger charge is 2.36. The molecule has 1 heterocycles. The molecule has 0 spiro atoms. The Bertz CT molecular complexity index is 293. The van der Waals surface area contributed by atoms with E-state index < -0.39 is 24.4 Å². The zero-order valence-corrected chi connectivity index (χ0v) is 11.5. The van der Waals surface area contributed by atoms with Crippen LogP contribution in [0.15, 0.2) is 0 Å². The van der Waals surface area contributed by atoms with Crippen molar-refractivity contribution in [2.75, 3.05) is 13.1 Å². The summed E-state index contributed by atoms with van der Waals surface area (Å²) in [5, 5.41) is 18.8. The predicted molar refractivity (Wildman–Crippen MR) is 66.9 cm³/mol. The van der Waals surface area contributed by atoms with Crippen molar-refractivity contribution in [1.82, 2.24) is 4.90 Å². The van der Waals surface area contributed by atoms with Crippen LogP contribution < -0.4 is 5.73 Å². The van der Waals surface area contributed by atoms with E-state index in [4.69, 9.17) is 10.5 Å². The molecule has 1 saturated heterocycles. The van der Waals surface area contributed by atoms with Gasteiger partial charge in [-0.3, -0.25) is 4.79 Å². The molecule has 0 radical (unpaired) electrons. The Morgan fingerprint density at radius 2 is 1.78 bits per heavy atom. The number of β-amino-alcohol motifs (C(OH)–C–C–N with tert-alkyl or cyclic N) is 2. The van der Waals surface area contributed by atoms with Crippen LogP contribution in [0, 0.1) is 0 Å². The normalized spacial score (nSPS) is 28.3. The molecule has 4 atom stereocenters. The van der Waals surface area contributed by atoms with Crippen LogP contribution in [-0.2, 0) is 9.53 Å². The van der Waals surface area contributed by atoms with E-state index in [1.54, 1.807) is 6.92 Å². The van der Waals surface area contributed by atoms with E-state index >= 15 is 0 Å². The number of hydrogen-bond donors (Lipinski definition) is 3. The molecule has 2 unspecified atom stereocenters. The Hall–Kier alpha value is -0.690. The van der Waals surface area contributed by atoms with Crippen molar-refractivity contribution in [2.24, 2.45) is 5.73 Å². The Morgan fingerprint density at radius 1 is 1.33 bits per heavy atom. The van der Waals surface area contributed by atoms with Gasteiger partial charge in [0.1, 0.15) is 6.04 Å². The highest BCUT2D eigenvalue weighted by Crippen LogP contribution is 2.16. The third kappa shape index (κ3) is 3.91. The van der Waals surface area contributed by atoms with Crippen molar-refractivity contribution in [1.29, 1.82) is 0 Å². The minimum Gasteiger partial charge on any atom is -0.388 e. The fraction of sp³-hybridized carbons (Fsp3) is 0.917. The maximum atomic E-state index is 12.1. The third-order valence-electron chi connectivity index (χ3n) is 2.90. The summed E-state index contributed by atoms with van der Waals surface area (Å²) in [7, 11) is 0. The zero-order valence-electron chi connectivity index (χ0n) is 11.5. The molecule has 106 valence electrons. The van der Waals surface area contributed by atoms with Gasteiger partial charge in [0.2, 0.25) is 5.91 Å². The Labute approximate surface area is 108 Å². The van der Waals surface area contributed by atoms with E-state index in [1.807, 2.05) is 20.8 Å². The maximum Gasteiger partial charge on any atom is 0.242 e. The lowest BCUT2D eigenvalue weighted by Crippen LogP contribution is -2.51. The maximum absolute atomic E-state index is 12.1. The number of nitrogens with zero attached hydrogens (tertiary/aromatic N) is 1. The van der Waals surface area contributed by atoms with Gasteiger partial charge in [0, 0.05) is 13.1 Å². The smallest absolute Gasteiger partial charge is 0.242 e. The number of carbonyl (C=O) groups is 1. The van der Waals surface area contributed by atoms with Crippen molar-refractivity contribution >= 4 is 5.91 Å². The van der Waals surface area contributed by atoms with Gasteiger partial charge in [0.15, 0.2) is 0 Å². The average Bonchev–Trinajstić information content (AvgIpc) is 2.54. The molecule has 4 N–H and O–H groups in total. The number of carbonyl (C=O) groups excluding carboxylic acids is 1. The summed E-state index contributed by atoms with van der Waals surface area (Å²) in [6, 6.07) is -0.790. The molecule has 6 nitrogen and oxygen atoms in total. The number of ether oxygens (including phenoxy) is 1. The second-order valence-corrected chi connectivity index (χ2v) is 5.84. The van der Waals surface area contributed by atoms with Gasteiger partial charge in [-0.05, 0) is 27.7 Å². The number of aliphatic hydroxyl groups excluding tert-OH is 2. The average molecular weight is 260 g/mol. The molecule has 0 aliphatic carbocycles. The molecule has 1 aliphatic heterocycles. The number of rotatable bonds is 3. The molecule has 0 bridgehead atoms. The van der Waals surface area contributed by atoms with Crippen LogP contribution in [0.1, 0.15) is 27.7 Å². The van der Waals surface area contributed by atoms with Crippen LogP contribution in [0.2, 0.25) is 0 Å². The number of amides is 1. The SMILES string of the molecule is C[C@@H](OC(C)(C)C)[C@H](N)C(=O)N1CC(O)C(O)C1. The van der Waals surface area contributed by atoms with E-state index in [0.29, 0.717) is 0 Å². The number of hydrogen-bond acceptors (Lipinski definition) is 5. The van der Waals surface area contributed by atoms with Gasteiger partial charge < -0.3 is 25.6 Å². The van der Waals surface area contributed by atoms with Crippen LogP contribution in [-0.4, -0.2) is 64.1 Å². The lowest BCUT2D eigenvalue weighted by Gasteiger charge is -2.30. The fourth-order valence-corrected chi connectivity index (χ4v) is 1.99. The summed E-state index contributed by atoms with van der Waals surface area (Å²) >= 11 is 0. The monoisotopic (exact) mass is 260 g/mol. The molecule has 1 fully saturated rings. The summed E-state index contributed by atoms with van der Waals surface area (Å²) in [6.45, 7) is 7.67. The van der Waals surface area contributed by atoms with Crippen LogP contribution in [0.25, 0.3) is 0 Å². The molecule has 1 aliphatic rings. The van der Waals surface area contributed by atoms with Gasteiger partial charge in [-0.25, -0.2) is 0 Å². The highest BCUT2D eigenvalue weighted by atomic mass is 16.5. The quantitative estimate of drug-likeness (QED) is 0.610. The standard InChI is InChI=1S/C12H24N2O4/c1-7(18-12(2,3)4)10(13)11(17)14-5-8(15)9(16)6-14/h7-10,15-16H,5-6,13H2,1-4H3/t7-,8?,9?,10+/m1/s1. The van der Waals surface area contributed by atoms with Crippen LogP contribution in [0.3, 0.4) is 0 Å². The molecule has 6 heteroatoms.